The quantitative estimate of drug-likeness (QED) is 0.793. The molecule has 0 amide bonds. The Balaban J connectivity index is 3.24. The minimum Gasteiger partial charge on any atom is -0.481 e. The molecule has 0 aliphatic heterocycles. The van der Waals surface area contributed by atoms with Crippen LogP contribution in [0.15, 0.2) is 6.20 Å². The van der Waals surface area contributed by atoms with Gasteiger partial charge in [0.1, 0.15) is 5.56 Å². The van der Waals surface area contributed by atoms with Gasteiger partial charge in [0.15, 0.2) is 0 Å². The number of hydrogen-bond donors (Lipinski definition) is 1. The van der Waals surface area contributed by atoms with E-state index in [1.807, 2.05) is 0 Å². The molecule has 6 heteroatoms. The second-order valence-electron chi connectivity index (χ2n) is 4.48. The third-order valence-corrected chi connectivity index (χ3v) is 2.58. The predicted octanol–water partition coefficient (Wildman–Crippen LogP) is 0.959. The smallest absolute Gasteiger partial charge is 0.341 e. The molecule has 0 radical (unpaired) electrons. The van der Waals surface area contributed by atoms with E-state index in [-0.39, 0.29) is 6.42 Å². The van der Waals surface area contributed by atoms with Crippen LogP contribution in [0.5, 0.6) is 0 Å². The van der Waals surface area contributed by atoms with Gasteiger partial charge < -0.3 is 9.84 Å². The van der Waals surface area contributed by atoms with E-state index in [9.17, 15) is 9.59 Å². The number of hydrogen-bond acceptors (Lipinski definition) is 4. The van der Waals surface area contributed by atoms with Crippen molar-refractivity contribution < 1.29 is 19.4 Å². The van der Waals surface area contributed by atoms with Crippen molar-refractivity contribution in [2.75, 3.05) is 7.11 Å². The van der Waals surface area contributed by atoms with Gasteiger partial charge in [0.25, 0.3) is 0 Å². The van der Waals surface area contributed by atoms with Gasteiger partial charge in [0.2, 0.25) is 0 Å². The summed E-state index contributed by atoms with van der Waals surface area (Å²) in [6.45, 7) is 3.51. The highest BCUT2D eigenvalue weighted by Crippen LogP contribution is 2.29. The summed E-state index contributed by atoms with van der Waals surface area (Å²) < 4.78 is 6.16. The SMILES string of the molecule is COC(=O)c1cnn(C)c1C(C)(C)CC(=O)O. The Bertz CT molecular complexity index is 448. The summed E-state index contributed by atoms with van der Waals surface area (Å²) in [6.07, 6.45) is 1.31. The van der Waals surface area contributed by atoms with Crippen LogP contribution in [-0.2, 0) is 22.0 Å². The number of carbonyl (C=O) groups is 2. The van der Waals surface area contributed by atoms with Crippen LogP contribution in [0, 0.1) is 0 Å². The lowest BCUT2D eigenvalue weighted by Crippen LogP contribution is -2.27. The minimum atomic E-state index is -0.924. The molecule has 1 aromatic rings. The third kappa shape index (κ3) is 2.64. The number of esters is 1. The van der Waals surface area contributed by atoms with Crippen LogP contribution < -0.4 is 0 Å². The molecule has 6 nitrogen and oxygen atoms in total. The first-order valence-electron chi connectivity index (χ1n) is 5.12. The van der Waals surface area contributed by atoms with E-state index in [2.05, 4.69) is 9.84 Å². The lowest BCUT2D eigenvalue weighted by atomic mass is 9.83. The molecule has 0 bridgehead atoms. The number of aryl methyl sites for hydroxylation is 1. The number of aliphatic carboxylic acids is 1. The van der Waals surface area contributed by atoms with Crippen LogP contribution >= 0.6 is 0 Å². The molecule has 0 aromatic carbocycles. The lowest BCUT2D eigenvalue weighted by molar-refractivity contribution is -0.138. The summed E-state index contributed by atoms with van der Waals surface area (Å²) in [5.74, 6) is -1.43. The normalized spacial score (nSPS) is 11.3. The first-order chi connectivity index (χ1) is 7.79. The number of rotatable bonds is 4. The fourth-order valence-corrected chi connectivity index (χ4v) is 1.96. The van der Waals surface area contributed by atoms with Crippen molar-refractivity contribution in [2.45, 2.75) is 25.7 Å². The Morgan fingerprint density at radius 2 is 2.12 bits per heavy atom. The minimum absolute atomic E-state index is 0.0868. The average Bonchev–Trinajstić information content (AvgIpc) is 2.57. The van der Waals surface area contributed by atoms with E-state index in [0.29, 0.717) is 11.3 Å². The van der Waals surface area contributed by atoms with Crippen molar-refractivity contribution in [2.24, 2.45) is 7.05 Å². The van der Waals surface area contributed by atoms with Gasteiger partial charge >= 0.3 is 11.9 Å². The number of carboxylic acids is 1. The number of nitrogens with zero attached hydrogens (tertiary/aromatic N) is 2. The molecule has 0 saturated heterocycles. The summed E-state index contributed by atoms with van der Waals surface area (Å²) in [6, 6.07) is 0. The van der Waals surface area contributed by atoms with E-state index in [0.717, 1.165) is 0 Å². The highest BCUT2D eigenvalue weighted by molar-refractivity contribution is 5.91. The van der Waals surface area contributed by atoms with Crippen molar-refractivity contribution in [1.29, 1.82) is 0 Å². The highest BCUT2D eigenvalue weighted by Gasteiger charge is 2.32. The zero-order chi connectivity index (χ0) is 13.2. The standard InChI is InChI=1S/C11H16N2O4/c1-11(2,5-8(14)15)9-7(10(16)17-4)6-12-13(9)3/h6H,5H2,1-4H3,(H,14,15). The maximum absolute atomic E-state index is 11.6. The van der Waals surface area contributed by atoms with Crippen molar-refractivity contribution in [1.82, 2.24) is 9.78 Å². The molecule has 0 atom stereocenters. The Hall–Kier alpha value is -1.85. The third-order valence-electron chi connectivity index (χ3n) is 2.58. The van der Waals surface area contributed by atoms with Crippen LogP contribution in [0.4, 0.5) is 0 Å². The number of carbonyl (C=O) groups excluding carboxylic acids is 1. The molecule has 1 N–H and O–H groups in total. The second kappa shape index (κ2) is 4.57. The summed E-state index contributed by atoms with van der Waals surface area (Å²) in [7, 11) is 2.95. The Morgan fingerprint density at radius 1 is 1.53 bits per heavy atom. The molecule has 0 aliphatic carbocycles. The average molecular weight is 240 g/mol. The first-order valence-corrected chi connectivity index (χ1v) is 5.12. The van der Waals surface area contributed by atoms with Gasteiger partial charge in [-0.05, 0) is 0 Å². The fourth-order valence-electron chi connectivity index (χ4n) is 1.96. The van der Waals surface area contributed by atoms with Crippen molar-refractivity contribution in [3.63, 3.8) is 0 Å². The molecule has 17 heavy (non-hydrogen) atoms. The maximum Gasteiger partial charge on any atom is 0.341 e. The van der Waals surface area contributed by atoms with E-state index in [1.54, 1.807) is 20.9 Å². The van der Waals surface area contributed by atoms with Crippen molar-refractivity contribution in [3.05, 3.63) is 17.5 Å². The van der Waals surface area contributed by atoms with E-state index in [1.165, 1.54) is 18.0 Å². The second-order valence-corrected chi connectivity index (χ2v) is 4.48. The topological polar surface area (TPSA) is 81.4 Å². The molecular weight excluding hydrogens is 224 g/mol. The van der Waals surface area contributed by atoms with Gasteiger partial charge in [-0.2, -0.15) is 5.10 Å². The largest absolute Gasteiger partial charge is 0.481 e. The van der Waals surface area contributed by atoms with Crippen LogP contribution in [0.2, 0.25) is 0 Å². The van der Waals surface area contributed by atoms with E-state index >= 15 is 0 Å². The van der Waals surface area contributed by atoms with Gasteiger partial charge in [0, 0.05) is 12.5 Å². The number of ether oxygens (including phenoxy) is 1. The molecule has 0 unspecified atom stereocenters. The highest BCUT2D eigenvalue weighted by atomic mass is 16.5. The Labute approximate surface area is 99.2 Å². The van der Waals surface area contributed by atoms with E-state index < -0.39 is 17.4 Å². The van der Waals surface area contributed by atoms with E-state index in [4.69, 9.17) is 5.11 Å². The van der Waals surface area contributed by atoms with Gasteiger partial charge in [-0.15, -0.1) is 0 Å². The molecule has 94 valence electrons. The van der Waals surface area contributed by atoms with Gasteiger partial charge in [-0.1, -0.05) is 13.8 Å². The molecule has 0 aliphatic rings. The van der Waals surface area contributed by atoms with Gasteiger partial charge in [-0.25, -0.2) is 4.79 Å². The van der Waals surface area contributed by atoms with Crippen molar-refractivity contribution in [3.8, 4) is 0 Å². The molecule has 1 heterocycles. The summed E-state index contributed by atoms with van der Waals surface area (Å²) in [5, 5.41) is 12.9. The zero-order valence-electron chi connectivity index (χ0n) is 10.4. The predicted molar refractivity (Wildman–Crippen MR) is 59.8 cm³/mol. The molecular formula is C11H16N2O4. The Kier molecular flexibility index (Phi) is 3.55. The first kappa shape index (κ1) is 13.2. The van der Waals surface area contributed by atoms with Crippen molar-refractivity contribution >= 4 is 11.9 Å². The molecule has 0 spiro atoms. The zero-order valence-corrected chi connectivity index (χ0v) is 10.4. The fraction of sp³-hybridized carbons (Fsp3) is 0.545. The summed E-state index contributed by atoms with van der Waals surface area (Å²) in [5.41, 5.74) is 0.175. The Morgan fingerprint density at radius 3 is 2.59 bits per heavy atom. The lowest BCUT2D eigenvalue weighted by Gasteiger charge is -2.23. The molecule has 0 saturated carbocycles. The molecule has 0 fully saturated rings. The number of aromatic nitrogens is 2. The maximum atomic E-state index is 11.6. The van der Waals surface area contributed by atoms with Gasteiger partial charge in [0.05, 0.1) is 25.4 Å². The van der Waals surface area contributed by atoms with Crippen LogP contribution in [-0.4, -0.2) is 33.9 Å². The number of carboxylic acid groups (broad SMARTS) is 1. The molecule has 1 rings (SSSR count). The van der Waals surface area contributed by atoms with Crippen LogP contribution in [0.25, 0.3) is 0 Å². The van der Waals surface area contributed by atoms with Crippen LogP contribution in [0.3, 0.4) is 0 Å². The van der Waals surface area contributed by atoms with Gasteiger partial charge in [-0.3, -0.25) is 9.48 Å². The monoisotopic (exact) mass is 240 g/mol. The summed E-state index contributed by atoms with van der Waals surface area (Å²) in [4.78, 5) is 22.4. The summed E-state index contributed by atoms with van der Waals surface area (Å²) >= 11 is 0. The van der Waals surface area contributed by atoms with Crippen LogP contribution in [0.1, 0.15) is 36.3 Å². The number of methoxy groups -OCH3 is 1. The molecule has 1 aromatic heterocycles.